The van der Waals surface area contributed by atoms with Gasteiger partial charge in [0.05, 0.1) is 0 Å². The van der Waals surface area contributed by atoms with Gasteiger partial charge in [-0.1, -0.05) is 91.0 Å². The Hall–Kier alpha value is -4.66. The summed E-state index contributed by atoms with van der Waals surface area (Å²) < 4.78 is 5.28. The van der Waals surface area contributed by atoms with Gasteiger partial charge in [0.25, 0.3) is 0 Å². The number of nitrogens with one attached hydrogen (secondary N) is 3. The zero-order chi connectivity index (χ0) is 26.5. The van der Waals surface area contributed by atoms with Crippen molar-refractivity contribution in [3.63, 3.8) is 0 Å². The minimum atomic E-state index is -1.21. The molecule has 2 atom stereocenters. The fraction of sp³-hybridized carbons (Fsp3) is 0.214. The number of carboxylic acid groups (broad SMARTS) is 1. The predicted molar refractivity (Wildman–Crippen MR) is 136 cm³/mol. The van der Waals surface area contributed by atoms with Crippen molar-refractivity contribution in [2.75, 3.05) is 6.54 Å². The molecule has 0 bridgehead atoms. The predicted octanol–water partition coefficient (Wildman–Crippen LogP) is 2.45. The minimum absolute atomic E-state index is 0.0283. The maximum atomic E-state index is 13.3. The maximum absolute atomic E-state index is 13.3. The van der Waals surface area contributed by atoms with Crippen LogP contribution < -0.4 is 16.0 Å². The third kappa shape index (κ3) is 9.48. The normalized spacial score (nSPS) is 12.0. The van der Waals surface area contributed by atoms with Gasteiger partial charge in [0, 0.05) is 12.8 Å². The average molecular weight is 504 g/mol. The molecule has 0 aliphatic carbocycles. The topological polar surface area (TPSA) is 134 Å². The molecule has 0 aliphatic rings. The van der Waals surface area contributed by atoms with Crippen LogP contribution >= 0.6 is 0 Å². The molecule has 0 aliphatic heterocycles. The Labute approximate surface area is 214 Å². The molecule has 0 spiro atoms. The number of hydrogen-bond donors (Lipinski definition) is 4. The second-order valence-electron chi connectivity index (χ2n) is 8.31. The van der Waals surface area contributed by atoms with Crippen molar-refractivity contribution >= 4 is 23.9 Å². The monoisotopic (exact) mass is 503 g/mol. The first-order valence-electron chi connectivity index (χ1n) is 11.8. The number of hydrogen-bond acceptors (Lipinski definition) is 5. The first-order valence-corrected chi connectivity index (χ1v) is 11.8. The quantitative estimate of drug-likeness (QED) is 0.300. The number of benzene rings is 3. The Morgan fingerprint density at radius 3 is 1.59 bits per heavy atom. The molecule has 4 N–H and O–H groups in total. The average Bonchev–Trinajstić information content (AvgIpc) is 2.91. The van der Waals surface area contributed by atoms with Gasteiger partial charge in [-0.05, 0) is 16.7 Å². The molecular weight excluding hydrogens is 474 g/mol. The van der Waals surface area contributed by atoms with Gasteiger partial charge >= 0.3 is 12.1 Å². The number of rotatable bonds is 12. The van der Waals surface area contributed by atoms with Crippen LogP contribution in [0.3, 0.4) is 0 Å². The highest BCUT2D eigenvalue weighted by atomic mass is 16.5. The lowest BCUT2D eigenvalue weighted by molar-refractivity contribution is -0.138. The standard InChI is InChI=1S/C28H29N3O6/c32-25(33)18-29-26(34)23(16-20-10-4-1-5-11-20)30-27(35)24(17-21-12-6-2-7-13-21)31-28(36)37-19-22-14-8-3-9-15-22/h1-15,23-24H,16-19H2,(H,29,34)(H,30,35)(H,31,36)(H,32,33)/t23-,24+/m0/s1. The molecule has 3 amide bonds. The lowest BCUT2D eigenvalue weighted by atomic mass is 10.0. The van der Waals surface area contributed by atoms with E-state index in [2.05, 4.69) is 16.0 Å². The van der Waals surface area contributed by atoms with Crippen molar-refractivity contribution in [1.82, 2.24) is 16.0 Å². The highest BCUT2D eigenvalue weighted by Gasteiger charge is 2.28. The molecule has 3 aromatic carbocycles. The Balaban J connectivity index is 1.73. The first kappa shape index (κ1) is 26.9. The molecule has 3 rings (SSSR count). The van der Waals surface area contributed by atoms with Crippen LogP contribution in [0.1, 0.15) is 16.7 Å². The van der Waals surface area contributed by atoms with E-state index >= 15 is 0 Å². The Morgan fingerprint density at radius 2 is 1.11 bits per heavy atom. The number of alkyl carbamates (subject to hydrolysis) is 1. The minimum Gasteiger partial charge on any atom is -0.480 e. The third-order valence-electron chi connectivity index (χ3n) is 5.43. The lowest BCUT2D eigenvalue weighted by Gasteiger charge is -2.23. The summed E-state index contributed by atoms with van der Waals surface area (Å²) in [6.45, 7) is -0.557. The van der Waals surface area contributed by atoms with Gasteiger partial charge in [-0.2, -0.15) is 0 Å². The Kier molecular flexibility index (Phi) is 10.2. The summed E-state index contributed by atoms with van der Waals surface area (Å²) in [5.74, 6) is -2.46. The molecular formula is C28H29N3O6. The fourth-order valence-electron chi connectivity index (χ4n) is 3.58. The summed E-state index contributed by atoms with van der Waals surface area (Å²) in [7, 11) is 0. The number of ether oxygens (including phenoxy) is 1. The second-order valence-corrected chi connectivity index (χ2v) is 8.31. The van der Waals surface area contributed by atoms with E-state index in [0.717, 1.165) is 16.7 Å². The molecule has 37 heavy (non-hydrogen) atoms. The van der Waals surface area contributed by atoms with Gasteiger partial charge in [0.2, 0.25) is 11.8 Å². The van der Waals surface area contributed by atoms with Crippen molar-refractivity contribution in [3.05, 3.63) is 108 Å². The largest absolute Gasteiger partial charge is 0.480 e. The van der Waals surface area contributed by atoms with E-state index < -0.39 is 42.5 Å². The second kappa shape index (κ2) is 14.0. The molecule has 0 saturated carbocycles. The summed E-state index contributed by atoms with van der Waals surface area (Å²) in [4.78, 5) is 49.6. The van der Waals surface area contributed by atoms with E-state index in [4.69, 9.17) is 9.84 Å². The number of carboxylic acids is 1. The molecule has 0 saturated heterocycles. The highest BCUT2D eigenvalue weighted by Crippen LogP contribution is 2.08. The van der Waals surface area contributed by atoms with Gasteiger partial charge in [-0.25, -0.2) is 4.79 Å². The maximum Gasteiger partial charge on any atom is 0.408 e. The summed E-state index contributed by atoms with van der Waals surface area (Å²) in [5.41, 5.74) is 2.36. The number of carbonyl (C=O) groups excluding carboxylic acids is 3. The third-order valence-corrected chi connectivity index (χ3v) is 5.43. The number of amides is 3. The zero-order valence-electron chi connectivity index (χ0n) is 20.1. The van der Waals surface area contributed by atoms with Crippen molar-refractivity contribution in [2.24, 2.45) is 0 Å². The summed E-state index contributed by atoms with van der Waals surface area (Å²) in [5, 5.41) is 16.5. The van der Waals surface area contributed by atoms with Crippen LogP contribution in [-0.4, -0.2) is 47.6 Å². The summed E-state index contributed by atoms with van der Waals surface area (Å²) in [6, 6.07) is 25.1. The summed E-state index contributed by atoms with van der Waals surface area (Å²) in [6.07, 6.45) is -0.494. The van der Waals surface area contributed by atoms with E-state index in [0.29, 0.717) is 0 Å². The van der Waals surface area contributed by atoms with Crippen molar-refractivity contribution < 1.29 is 29.0 Å². The molecule has 0 fully saturated rings. The summed E-state index contributed by atoms with van der Waals surface area (Å²) >= 11 is 0. The number of aliphatic carboxylic acids is 1. The van der Waals surface area contributed by atoms with Gasteiger partial charge in [0.1, 0.15) is 25.2 Å². The molecule has 9 nitrogen and oxygen atoms in total. The van der Waals surface area contributed by atoms with Gasteiger partial charge < -0.3 is 25.8 Å². The van der Waals surface area contributed by atoms with Gasteiger partial charge in [-0.15, -0.1) is 0 Å². The lowest BCUT2D eigenvalue weighted by Crippen LogP contribution is -2.55. The van der Waals surface area contributed by atoms with Crippen molar-refractivity contribution in [2.45, 2.75) is 31.5 Å². The molecule has 0 unspecified atom stereocenters. The zero-order valence-corrected chi connectivity index (χ0v) is 20.1. The van der Waals surface area contributed by atoms with Crippen LogP contribution in [0, 0.1) is 0 Å². The first-order chi connectivity index (χ1) is 17.9. The molecule has 192 valence electrons. The fourth-order valence-corrected chi connectivity index (χ4v) is 3.58. The molecule has 9 heteroatoms. The van der Waals surface area contributed by atoms with E-state index in [1.165, 1.54) is 0 Å². The van der Waals surface area contributed by atoms with Crippen LogP contribution in [-0.2, 0) is 38.6 Å². The van der Waals surface area contributed by atoms with E-state index in [-0.39, 0.29) is 19.4 Å². The molecule has 0 aromatic heterocycles. The van der Waals surface area contributed by atoms with Crippen LogP contribution in [0.5, 0.6) is 0 Å². The van der Waals surface area contributed by atoms with Crippen LogP contribution in [0.4, 0.5) is 4.79 Å². The Morgan fingerprint density at radius 1 is 0.649 bits per heavy atom. The molecule has 0 heterocycles. The van der Waals surface area contributed by atoms with Gasteiger partial charge in [0.15, 0.2) is 0 Å². The smallest absolute Gasteiger partial charge is 0.408 e. The number of carbonyl (C=O) groups is 4. The van der Waals surface area contributed by atoms with Crippen LogP contribution in [0.2, 0.25) is 0 Å². The molecule has 0 radical (unpaired) electrons. The van der Waals surface area contributed by atoms with Crippen molar-refractivity contribution in [1.29, 1.82) is 0 Å². The van der Waals surface area contributed by atoms with E-state index in [1.54, 1.807) is 24.3 Å². The SMILES string of the molecule is O=C(O)CNC(=O)[C@H](Cc1ccccc1)NC(=O)[C@@H](Cc1ccccc1)NC(=O)OCc1ccccc1. The van der Waals surface area contributed by atoms with E-state index in [1.807, 2.05) is 66.7 Å². The van der Waals surface area contributed by atoms with Crippen LogP contribution in [0.15, 0.2) is 91.0 Å². The van der Waals surface area contributed by atoms with Crippen LogP contribution in [0.25, 0.3) is 0 Å². The van der Waals surface area contributed by atoms with Crippen molar-refractivity contribution in [3.8, 4) is 0 Å². The molecule has 3 aromatic rings. The van der Waals surface area contributed by atoms with Gasteiger partial charge in [-0.3, -0.25) is 14.4 Å². The van der Waals surface area contributed by atoms with E-state index in [9.17, 15) is 19.2 Å². The Bertz CT molecular complexity index is 1170. The highest BCUT2D eigenvalue weighted by molar-refractivity contribution is 5.92.